The molecule has 0 saturated carbocycles. The fraction of sp³-hybridized carbons (Fsp3) is 0.208. The van der Waals surface area contributed by atoms with Crippen LogP contribution in [0, 0.1) is 12.7 Å². The SMILES string of the molecule is COc1cncc(-c2cc(C3(c4ccc(OC)c(C)c4)COC(NOC=O)=N3)ccc2F)c1. The second kappa shape index (κ2) is 9.15. The third kappa shape index (κ3) is 4.17. The Balaban J connectivity index is 1.87. The molecule has 0 saturated heterocycles. The lowest BCUT2D eigenvalue weighted by Gasteiger charge is -2.26. The van der Waals surface area contributed by atoms with Crippen LogP contribution >= 0.6 is 0 Å². The van der Waals surface area contributed by atoms with Crippen molar-refractivity contribution in [2.24, 2.45) is 4.99 Å². The van der Waals surface area contributed by atoms with Gasteiger partial charge in [-0.3, -0.25) is 9.78 Å². The van der Waals surface area contributed by atoms with Gasteiger partial charge in [-0.05, 0) is 53.9 Å². The highest BCUT2D eigenvalue weighted by Gasteiger charge is 2.41. The van der Waals surface area contributed by atoms with E-state index >= 15 is 0 Å². The second-order valence-corrected chi connectivity index (χ2v) is 7.37. The minimum absolute atomic E-state index is 0.0319. The number of methoxy groups -OCH3 is 2. The van der Waals surface area contributed by atoms with E-state index in [4.69, 9.17) is 14.2 Å². The molecular formula is C24H22FN3O5. The molecule has 1 aliphatic heterocycles. The van der Waals surface area contributed by atoms with E-state index in [2.05, 4.69) is 20.3 Å². The van der Waals surface area contributed by atoms with Crippen LogP contribution in [0.4, 0.5) is 4.39 Å². The number of carbonyl (C=O) groups is 1. The van der Waals surface area contributed by atoms with Gasteiger partial charge in [-0.15, -0.1) is 0 Å². The maximum Gasteiger partial charge on any atom is 0.320 e. The molecule has 8 nitrogen and oxygen atoms in total. The second-order valence-electron chi connectivity index (χ2n) is 7.37. The zero-order chi connectivity index (χ0) is 23.4. The molecule has 0 radical (unpaired) electrons. The number of carbonyl (C=O) groups excluding carboxylic acids is 1. The summed E-state index contributed by atoms with van der Waals surface area (Å²) in [5.41, 5.74) is 4.60. The first kappa shape index (κ1) is 22.1. The van der Waals surface area contributed by atoms with E-state index in [1.54, 1.807) is 37.7 Å². The molecule has 2 heterocycles. The zero-order valence-corrected chi connectivity index (χ0v) is 18.3. The molecule has 1 N–H and O–H groups in total. The number of nitrogens with one attached hydrogen (secondary N) is 1. The average Bonchev–Trinajstić information content (AvgIpc) is 3.28. The molecule has 1 aromatic heterocycles. The van der Waals surface area contributed by atoms with Gasteiger partial charge in [0.05, 0.1) is 20.4 Å². The number of benzene rings is 2. The van der Waals surface area contributed by atoms with Crippen LogP contribution in [-0.2, 0) is 19.9 Å². The minimum atomic E-state index is -1.03. The van der Waals surface area contributed by atoms with Crippen molar-refractivity contribution in [3.05, 3.63) is 77.4 Å². The molecule has 2 aromatic carbocycles. The lowest BCUT2D eigenvalue weighted by molar-refractivity contribution is -0.132. The van der Waals surface area contributed by atoms with E-state index < -0.39 is 11.4 Å². The largest absolute Gasteiger partial charge is 0.496 e. The Hall–Kier alpha value is -4.14. The Labute approximate surface area is 189 Å². The van der Waals surface area contributed by atoms with E-state index in [1.165, 1.54) is 13.2 Å². The summed E-state index contributed by atoms with van der Waals surface area (Å²) >= 11 is 0. The zero-order valence-electron chi connectivity index (χ0n) is 18.3. The van der Waals surface area contributed by atoms with Crippen molar-refractivity contribution in [2.75, 3.05) is 20.8 Å². The van der Waals surface area contributed by atoms with E-state index in [0.717, 1.165) is 16.9 Å². The van der Waals surface area contributed by atoms with Crippen molar-refractivity contribution in [1.82, 2.24) is 10.5 Å². The lowest BCUT2D eigenvalue weighted by atomic mass is 9.82. The highest BCUT2D eigenvalue weighted by atomic mass is 19.1. The molecule has 4 rings (SSSR count). The number of nitrogens with zero attached hydrogens (tertiary/aromatic N) is 2. The van der Waals surface area contributed by atoms with Crippen molar-refractivity contribution < 1.29 is 28.2 Å². The summed E-state index contributed by atoms with van der Waals surface area (Å²) in [5.74, 6) is 0.819. The van der Waals surface area contributed by atoms with Gasteiger partial charge in [0.15, 0.2) is 5.54 Å². The molecule has 0 aliphatic carbocycles. The summed E-state index contributed by atoms with van der Waals surface area (Å²) in [5, 5.41) is 0. The predicted molar refractivity (Wildman–Crippen MR) is 118 cm³/mol. The number of hydrogen-bond acceptors (Lipinski definition) is 8. The molecule has 1 unspecified atom stereocenters. The number of aliphatic imine (C=N–C) groups is 1. The number of aryl methyl sites for hydroxylation is 1. The normalized spacial score (nSPS) is 17.0. The Morgan fingerprint density at radius 2 is 1.88 bits per heavy atom. The minimum Gasteiger partial charge on any atom is -0.496 e. The number of hydrogen-bond donors (Lipinski definition) is 1. The van der Waals surface area contributed by atoms with Crippen LogP contribution in [0.3, 0.4) is 0 Å². The monoisotopic (exact) mass is 451 g/mol. The molecule has 33 heavy (non-hydrogen) atoms. The van der Waals surface area contributed by atoms with Crippen molar-refractivity contribution in [3.63, 3.8) is 0 Å². The number of ether oxygens (including phenoxy) is 3. The Morgan fingerprint density at radius 1 is 1.09 bits per heavy atom. The summed E-state index contributed by atoms with van der Waals surface area (Å²) in [6.07, 6.45) is 3.11. The highest BCUT2D eigenvalue weighted by Crippen LogP contribution is 2.41. The van der Waals surface area contributed by atoms with Crippen LogP contribution in [0.2, 0.25) is 0 Å². The topological polar surface area (TPSA) is 91.3 Å². The van der Waals surface area contributed by atoms with Crippen LogP contribution < -0.4 is 15.0 Å². The first-order valence-electron chi connectivity index (χ1n) is 10.0. The summed E-state index contributed by atoms with van der Waals surface area (Å²) in [6.45, 7) is 2.25. The van der Waals surface area contributed by atoms with Gasteiger partial charge in [-0.25, -0.2) is 9.38 Å². The van der Waals surface area contributed by atoms with E-state index in [9.17, 15) is 9.18 Å². The number of amidine groups is 1. The molecule has 9 heteroatoms. The third-order valence-electron chi connectivity index (χ3n) is 5.48. The van der Waals surface area contributed by atoms with Crippen molar-refractivity contribution in [2.45, 2.75) is 12.5 Å². The molecule has 0 amide bonds. The number of hydroxylamine groups is 1. The fourth-order valence-electron chi connectivity index (χ4n) is 3.82. The molecule has 1 aliphatic rings. The number of pyridine rings is 1. The van der Waals surface area contributed by atoms with Crippen LogP contribution in [-0.4, -0.2) is 38.3 Å². The van der Waals surface area contributed by atoms with Gasteiger partial charge in [0.2, 0.25) is 0 Å². The van der Waals surface area contributed by atoms with Crippen LogP contribution in [0.15, 0.2) is 59.9 Å². The van der Waals surface area contributed by atoms with Gasteiger partial charge >= 0.3 is 12.5 Å². The summed E-state index contributed by atoms with van der Waals surface area (Å²) < 4.78 is 31.2. The first-order valence-corrected chi connectivity index (χ1v) is 10.0. The maximum atomic E-state index is 14.9. The maximum absolute atomic E-state index is 14.9. The average molecular weight is 451 g/mol. The highest BCUT2D eigenvalue weighted by molar-refractivity contribution is 5.77. The summed E-state index contributed by atoms with van der Waals surface area (Å²) in [6, 6.07) is 12.1. The predicted octanol–water partition coefficient (Wildman–Crippen LogP) is 3.52. The standard InChI is InChI=1S/C24H22FN3O5/c1-15-8-17(5-7-22(15)31-3)24(13-32-23(27-24)28-33-14-29)18-4-6-21(25)20(10-18)16-9-19(30-2)12-26-11-16/h4-12,14H,13H2,1-3H3,(H,27,28). The third-order valence-corrected chi connectivity index (χ3v) is 5.48. The smallest absolute Gasteiger partial charge is 0.320 e. The molecule has 0 bridgehead atoms. The van der Waals surface area contributed by atoms with Gasteiger partial charge in [0.25, 0.3) is 0 Å². The number of aromatic nitrogens is 1. The van der Waals surface area contributed by atoms with Crippen LogP contribution in [0.25, 0.3) is 11.1 Å². The molecular weight excluding hydrogens is 429 g/mol. The van der Waals surface area contributed by atoms with Crippen LogP contribution in [0.5, 0.6) is 11.5 Å². The van der Waals surface area contributed by atoms with Crippen molar-refractivity contribution in [3.8, 4) is 22.6 Å². The fourth-order valence-corrected chi connectivity index (χ4v) is 3.82. The van der Waals surface area contributed by atoms with Gasteiger partial charge < -0.3 is 19.0 Å². The Bertz CT molecular complexity index is 1220. The summed E-state index contributed by atoms with van der Waals surface area (Å²) in [4.78, 5) is 24.0. The molecule has 0 fully saturated rings. The summed E-state index contributed by atoms with van der Waals surface area (Å²) in [7, 11) is 3.12. The van der Waals surface area contributed by atoms with E-state index in [1.807, 2.05) is 25.1 Å². The van der Waals surface area contributed by atoms with Gasteiger partial charge in [0.1, 0.15) is 23.9 Å². The van der Waals surface area contributed by atoms with Gasteiger partial charge in [0, 0.05) is 17.3 Å². The molecule has 0 spiro atoms. The van der Waals surface area contributed by atoms with Crippen molar-refractivity contribution >= 4 is 12.5 Å². The number of rotatable bonds is 7. The lowest BCUT2D eigenvalue weighted by Crippen LogP contribution is -2.27. The Kier molecular flexibility index (Phi) is 6.12. The Morgan fingerprint density at radius 3 is 2.61 bits per heavy atom. The molecule has 170 valence electrons. The number of halogens is 1. The van der Waals surface area contributed by atoms with Crippen LogP contribution in [0.1, 0.15) is 16.7 Å². The van der Waals surface area contributed by atoms with Gasteiger partial charge in [-0.1, -0.05) is 12.1 Å². The van der Waals surface area contributed by atoms with Crippen molar-refractivity contribution in [1.29, 1.82) is 0 Å². The quantitative estimate of drug-likeness (QED) is 0.434. The van der Waals surface area contributed by atoms with Gasteiger partial charge in [-0.2, -0.15) is 5.48 Å². The van der Waals surface area contributed by atoms with E-state index in [-0.39, 0.29) is 19.1 Å². The van der Waals surface area contributed by atoms with E-state index in [0.29, 0.717) is 22.4 Å². The molecule has 3 aromatic rings. The molecule has 1 atom stereocenters. The first-order chi connectivity index (χ1) is 16.0.